The van der Waals surface area contributed by atoms with Crippen molar-refractivity contribution in [1.29, 1.82) is 0 Å². The summed E-state index contributed by atoms with van der Waals surface area (Å²) in [5.74, 6) is 1.58. The van der Waals surface area contributed by atoms with Gasteiger partial charge >= 0.3 is 0 Å². The van der Waals surface area contributed by atoms with Gasteiger partial charge in [0.15, 0.2) is 5.82 Å². The molecule has 3 rings (SSSR count). The lowest BCUT2D eigenvalue weighted by Crippen LogP contribution is -2.30. The molecule has 1 aromatic heterocycles. The van der Waals surface area contributed by atoms with Gasteiger partial charge in [-0.25, -0.2) is 4.98 Å². The summed E-state index contributed by atoms with van der Waals surface area (Å²) in [6, 6.07) is 7.43. The number of H-pyrrole nitrogens is 1. The van der Waals surface area contributed by atoms with E-state index in [0.717, 1.165) is 11.3 Å². The number of likely N-dealkylation sites (tertiary alicyclic amines) is 1. The van der Waals surface area contributed by atoms with Gasteiger partial charge in [-0.3, -0.25) is 14.3 Å². The molecular formula is C17H21FN4O2. The number of amides is 1. The molecule has 1 aromatic carbocycles. The minimum atomic E-state index is -0.485. The number of hydrogen-bond acceptors (Lipinski definition) is 4. The first-order valence-corrected chi connectivity index (χ1v) is 7.96. The molecular weight excluding hydrogens is 311 g/mol. The van der Waals surface area contributed by atoms with Gasteiger partial charge in [0.25, 0.3) is 0 Å². The number of carbonyl (C=O) groups excluding carboxylic acids is 1. The number of benzene rings is 1. The summed E-state index contributed by atoms with van der Waals surface area (Å²) in [5.41, 5.74) is 0.883. The Morgan fingerprint density at radius 2 is 2.29 bits per heavy atom. The zero-order chi connectivity index (χ0) is 17.1. The number of alkyl halides is 1. The fourth-order valence-electron chi connectivity index (χ4n) is 3.12. The number of nitrogens with zero attached hydrogens (tertiary/aromatic N) is 3. The number of methoxy groups -OCH3 is 1. The lowest BCUT2D eigenvalue weighted by Gasteiger charge is -2.16. The van der Waals surface area contributed by atoms with E-state index in [-0.39, 0.29) is 24.2 Å². The van der Waals surface area contributed by atoms with Gasteiger partial charge < -0.3 is 9.64 Å². The number of hydrogen-bond donors (Lipinski definition) is 1. The molecule has 1 aliphatic rings. The molecule has 0 unspecified atom stereocenters. The van der Waals surface area contributed by atoms with Crippen molar-refractivity contribution >= 4 is 5.91 Å². The van der Waals surface area contributed by atoms with Gasteiger partial charge in [0, 0.05) is 24.9 Å². The number of rotatable bonds is 5. The van der Waals surface area contributed by atoms with E-state index < -0.39 is 6.67 Å². The molecule has 0 saturated carbocycles. The largest absolute Gasteiger partial charge is 0.497 e. The summed E-state index contributed by atoms with van der Waals surface area (Å²) in [7, 11) is 1.59. The van der Waals surface area contributed by atoms with Crippen molar-refractivity contribution in [2.45, 2.75) is 19.3 Å². The molecule has 1 N–H and O–H groups in total. The summed E-state index contributed by atoms with van der Waals surface area (Å²) in [5, 5.41) is 6.92. The Morgan fingerprint density at radius 1 is 1.46 bits per heavy atom. The van der Waals surface area contributed by atoms with E-state index in [4.69, 9.17) is 4.74 Å². The van der Waals surface area contributed by atoms with Crippen molar-refractivity contribution < 1.29 is 13.9 Å². The van der Waals surface area contributed by atoms with Gasteiger partial charge in [0.2, 0.25) is 5.91 Å². The normalized spacial score (nSPS) is 20.4. The average molecular weight is 332 g/mol. The number of ether oxygens (including phenoxy) is 1. The summed E-state index contributed by atoms with van der Waals surface area (Å²) < 4.78 is 18.6. The second-order valence-electron chi connectivity index (χ2n) is 6.13. The second kappa shape index (κ2) is 6.98. The number of aryl methyl sites for hydroxylation is 1. The van der Waals surface area contributed by atoms with E-state index in [1.165, 1.54) is 0 Å². The minimum absolute atomic E-state index is 0.0172. The van der Waals surface area contributed by atoms with Crippen LogP contribution < -0.4 is 4.74 Å². The first-order chi connectivity index (χ1) is 11.6. The predicted molar refractivity (Wildman–Crippen MR) is 86.6 cm³/mol. The Balaban J connectivity index is 1.69. The first-order valence-electron chi connectivity index (χ1n) is 7.96. The molecule has 1 fully saturated rings. The molecule has 0 spiro atoms. The van der Waals surface area contributed by atoms with Gasteiger partial charge in [0.05, 0.1) is 20.2 Å². The van der Waals surface area contributed by atoms with Crippen LogP contribution in [0.3, 0.4) is 0 Å². The quantitative estimate of drug-likeness (QED) is 0.907. The van der Waals surface area contributed by atoms with E-state index in [9.17, 15) is 9.18 Å². The van der Waals surface area contributed by atoms with Gasteiger partial charge in [-0.2, -0.15) is 5.10 Å². The summed E-state index contributed by atoms with van der Waals surface area (Å²) >= 11 is 0. The monoisotopic (exact) mass is 332 g/mol. The van der Waals surface area contributed by atoms with Gasteiger partial charge in [0.1, 0.15) is 11.6 Å². The maximum Gasteiger partial charge on any atom is 0.227 e. The molecule has 1 saturated heterocycles. The number of carbonyl (C=O) groups is 1. The Kier molecular flexibility index (Phi) is 4.78. The zero-order valence-corrected chi connectivity index (χ0v) is 13.8. The molecule has 7 heteroatoms. The highest BCUT2D eigenvalue weighted by Crippen LogP contribution is 2.31. The molecule has 0 bridgehead atoms. The smallest absolute Gasteiger partial charge is 0.227 e. The average Bonchev–Trinajstić information content (AvgIpc) is 3.20. The van der Waals surface area contributed by atoms with Crippen LogP contribution in [-0.2, 0) is 11.2 Å². The fourth-order valence-corrected chi connectivity index (χ4v) is 3.12. The SMILES string of the molecule is COc1cccc(CC(=O)N2C[C@@H](CF)[C@H](c3n[nH]c(C)n3)C2)c1. The van der Waals surface area contributed by atoms with E-state index in [2.05, 4.69) is 15.2 Å². The van der Waals surface area contributed by atoms with Crippen LogP contribution in [0.4, 0.5) is 4.39 Å². The third-order valence-corrected chi connectivity index (χ3v) is 4.43. The van der Waals surface area contributed by atoms with Crippen LogP contribution in [0.1, 0.15) is 23.1 Å². The zero-order valence-electron chi connectivity index (χ0n) is 13.8. The Morgan fingerprint density at radius 3 is 2.96 bits per heavy atom. The van der Waals surface area contributed by atoms with Crippen molar-refractivity contribution in [3.05, 3.63) is 41.5 Å². The Bertz CT molecular complexity index is 718. The van der Waals surface area contributed by atoms with Crippen molar-refractivity contribution in [3.8, 4) is 5.75 Å². The fraction of sp³-hybridized carbons (Fsp3) is 0.471. The van der Waals surface area contributed by atoms with Crippen LogP contribution in [0.15, 0.2) is 24.3 Å². The van der Waals surface area contributed by atoms with Gasteiger partial charge in [-0.05, 0) is 24.6 Å². The Hall–Kier alpha value is -2.44. The lowest BCUT2D eigenvalue weighted by atomic mass is 9.97. The van der Waals surface area contributed by atoms with Crippen molar-refractivity contribution in [2.24, 2.45) is 5.92 Å². The second-order valence-corrected chi connectivity index (χ2v) is 6.13. The van der Waals surface area contributed by atoms with E-state index in [0.29, 0.717) is 24.7 Å². The van der Waals surface area contributed by atoms with Crippen LogP contribution in [0, 0.1) is 12.8 Å². The predicted octanol–water partition coefficient (Wildman–Crippen LogP) is 1.88. The Labute approximate surface area is 140 Å². The minimum Gasteiger partial charge on any atom is -0.497 e. The van der Waals surface area contributed by atoms with Crippen LogP contribution in [0.5, 0.6) is 5.75 Å². The first kappa shape index (κ1) is 16.4. The maximum absolute atomic E-state index is 13.4. The standard InChI is InChI=1S/C17H21FN4O2/c1-11-19-17(21-20-11)15-10-22(9-13(15)8-18)16(23)7-12-4-3-5-14(6-12)24-2/h3-6,13,15H,7-10H2,1-2H3,(H,19,20,21)/t13-,15-/m1/s1. The molecule has 128 valence electrons. The number of aromatic amines is 1. The molecule has 1 amide bonds. The summed E-state index contributed by atoms with van der Waals surface area (Å²) in [6.45, 7) is 2.18. The highest BCUT2D eigenvalue weighted by molar-refractivity contribution is 5.79. The molecule has 6 nitrogen and oxygen atoms in total. The van der Waals surface area contributed by atoms with Crippen LogP contribution in [0.25, 0.3) is 0 Å². The van der Waals surface area contributed by atoms with E-state index in [1.54, 1.807) is 12.0 Å². The third kappa shape index (κ3) is 3.39. The van der Waals surface area contributed by atoms with Crippen molar-refractivity contribution in [3.63, 3.8) is 0 Å². The summed E-state index contributed by atoms with van der Waals surface area (Å²) in [4.78, 5) is 18.6. The van der Waals surface area contributed by atoms with E-state index >= 15 is 0 Å². The van der Waals surface area contributed by atoms with Gasteiger partial charge in [-0.15, -0.1) is 0 Å². The molecule has 2 atom stereocenters. The number of halogens is 1. The number of nitrogens with one attached hydrogen (secondary N) is 1. The lowest BCUT2D eigenvalue weighted by molar-refractivity contribution is -0.129. The van der Waals surface area contributed by atoms with E-state index in [1.807, 2.05) is 31.2 Å². The molecule has 2 heterocycles. The van der Waals surface area contributed by atoms with Crippen LogP contribution in [0.2, 0.25) is 0 Å². The highest BCUT2D eigenvalue weighted by atomic mass is 19.1. The molecule has 2 aromatic rings. The molecule has 1 aliphatic heterocycles. The van der Waals surface area contributed by atoms with Crippen molar-refractivity contribution in [1.82, 2.24) is 20.1 Å². The van der Waals surface area contributed by atoms with Crippen LogP contribution >= 0.6 is 0 Å². The summed E-state index contributed by atoms with van der Waals surface area (Å²) in [6.07, 6.45) is 0.274. The number of aromatic nitrogens is 3. The highest BCUT2D eigenvalue weighted by Gasteiger charge is 2.38. The van der Waals surface area contributed by atoms with Crippen LogP contribution in [-0.4, -0.2) is 52.9 Å². The van der Waals surface area contributed by atoms with Gasteiger partial charge in [-0.1, -0.05) is 12.1 Å². The molecule has 24 heavy (non-hydrogen) atoms. The topological polar surface area (TPSA) is 71.1 Å². The van der Waals surface area contributed by atoms with Crippen molar-refractivity contribution in [2.75, 3.05) is 26.9 Å². The molecule has 0 aliphatic carbocycles. The maximum atomic E-state index is 13.4. The molecule has 0 radical (unpaired) electrons. The third-order valence-electron chi connectivity index (χ3n) is 4.43.